The third-order valence-electron chi connectivity index (χ3n) is 2.84. The molecule has 1 amide bonds. The molecule has 1 unspecified atom stereocenters. The molecule has 0 bridgehead atoms. The number of hydrogen-bond acceptors (Lipinski definition) is 3. The Bertz CT molecular complexity index is 539. The molecule has 2 rings (SSSR count). The van der Waals surface area contributed by atoms with Crippen LogP contribution >= 0.6 is 0 Å². The average Bonchev–Trinajstić information content (AvgIpc) is 2.35. The van der Waals surface area contributed by atoms with E-state index in [1.807, 2.05) is 30.3 Å². The van der Waals surface area contributed by atoms with Crippen LogP contribution in [-0.2, 0) is 11.2 Å². The van der Waals surface area contributed by atoms with E-state index in [4.69, 9.17) is 11.5 Å². The molecule has 0 aliphatic heterocycles. The van der Waals surface area contributed by atoms with Crippen molar-refractivity contribution in [2.45, 2.75) is 6.42 Å². The van der Waals surface area contributed by atoms with Crippen LogP contribution in [-0.4, -0.2) is 17.4 Å². The number of nitrogens with two attached hydrogens (primary N) is 2. The smallest absolute Gasteiger partial charge is 0.222 e. The van der Waals surface area contributed by atoms with Crippen molar-refractivity contribution < 1.29 is 4.79 Å². The zero-order valence-electron chi connectivity index (χ0n) is 9.47. The fourth-order valence-electron chi connectivity index (χ4n) is 1.84. The first kappa shape index (κ1) is 11.5. The third kappa shape index (κ3) is 2.60. The largest absolute Gasteiger partial charge is 0.369 e. The molecule has 0 saturated carbocycles. The molecule has 0 saturated heterocycles. The summed E-state index contributed by atoms with van der Waals surface area (Å²) in [7, 11) is 0. The molecule has 1 aromatic heterocycles. The second-order valence-electron chi connectivity index (χ2n) is 4.07. The van der Waals surface area contributed by atoms with Crippen LogP contribution in [0.2, 0.25) is 0 Å². The number of carbonyl (C=O) groups excluding carboxylic acids is 1. The van der Waals surface area contributed by atoms with Gasteiger partial charge in [0, 0.05) is 18.1 Å². The highest BCUT2D eigenvalue weighted by Gasteiger charge is 2.13. The molecular weight excluding hydrogens is 214 g/mol. The molecule has 4 nitrogen and oxygen atoms in total. The molecule has 1 heterocycles. The minimum Gasteiger partial charge on any atom is -0.369 e. The fraction of sp³-hybridized carbons (Fsp3) is 0.231. The molecule has 88 valence electrons. The van der Waals surface area contributed by atoms with Gasteiger partial charge in [0.2, 0.25) is 5.91 Å². The Morgan fingerprint density at radius 2 is 2.18 bits per heavy atom. The lowest BCUT2D eigenvalue weighted by Gasteiger charge is -2.10. The van der Waals surface area contributed by atoms with Crippen LogP contribution in [0.1, 0.15) is 5.56 Å². The van der Waals surface area contributed by atoms with Crippen LogP contribution in [0.4, 0.5) is 0 Å². The summed E-state index contributed by atoms with van der Waals surface area (Å²) in [5, 5.41) is 1.06. The van der Waals surface area contributed by atoms with Crippen LogP contribution in [0.5, 0.6) is 0 Å². The van der Waals surface area contributed by atoms with E-state index in [0.717, 1.165) is 16.5 Å². The SMILES string of the molecule is NCC(Cc1ccc2ncccc2c1)C(N)=O. The molecule has 2 aromatic rings. The highest BCUT2D eigenvalue weighted by Crippen LogP contribution is 2.15. The number of amides is 1. The van der Waals surface area contributed by atoms with Gasteiger partial charge in [-0.1, -0.05) is 12.1 Å². The summed E-state index contributed by atoms with van der Waals surface area (Å²) in [6, 6.07) is 9.81. The molecule has 0 aliphatic carbocycles. The molecule has 4 N–H and O–H groups in total. The van der Waals surface area contributed by atoms with Crippen LogP contribution in [0.3, 0.4) is 0 Å². The summed E-state index contributed by atoms with van der Waals surface area (Å²) in [5.41, 5.74) is 12.8. The highest BCUT2D eigenvalue weighted by atomic mass is 16.1. The molecule has 0 radical (unpaired) electrons. The number of fused-ring (bicyclic) bond motifs is 1. The van der Waals surface area contributed by atoms with E-state index in [-0.39, 0.29) is 18.4 Å². The number of carbonyl (C=O) groups is 1. The van der Waals surface area contributed by atoms with Crippen molar-refractivity contribution in [1.29, 1.82) is 0 Å². The summed E-state index contributed by atoms with van der Waals surface area (Å²) in [4.78, 5) is 15.4. The van der Waals surface area contributed by atoms with Crippen molar-refractivity contribution >= 4 is 16.8 Å². The van der Waals surface area contributed by atoms with E-state index in [0.29, 0.717) is 6.42 Å². The first-order chi connectivity index (χ1) is 8.20. The van der Waals surface area contributed by atoms with Crippen molar-refractivity contribution in [3.8, 4) is 0 Å². The van der Waals surface area contributed by atoms with Gasteiger partial charge in [-0.3, -0.25) is 9.78 Å². The normalized spacial score (nSPS) is 12.5. The first-order valence-corrected chi connectivity index (χ1v) is 5.53. The number of primary amides is 1. The van der Waals surface area contributed by atoms with E-state index < -0.39 is 0 Å². The van der Waals surface area contributed by atoms with Crippen molar-refractivity contribution in [3.05, 3.63) is 42.1 Å². The van der Waals surface area contributed by atoms with E-state index in [1.165, 1.54) is 0 Å². The number of hydrogen-bond donors (Lipinski definition) is 2. The Balaban J connectivity index is 2.27. The highest BCUT2D eigenvalue weighted by molar-refractivity contribution is 5.80. The van der Waals surface area contributed by atoms with Crippen molar-refractivity contribution in [2.24, 2.45) is 17.4 Å². The summed E-state index contributed by atoms with van der Waals surface area (Å²) in [6.45, 7) is 0.278. The fourth-order valence-corrected chi connectivity index (χ4v) is 1.84. The third-order valence-corrected chi connectivity index (χ3v) is 2.84. The Kier molecular flexibility index (Phi) is 3.35. The van der Waals surface area contributed by atoms with Gasteiger partial charge in [0.1, 0.15) is 0 Å². The average molecular weight is 229 g/mol. The van der Waals surface area contributed by atoms with Crippen molar-refractivity contribution in [3.63, 3.8) is 0 Å². The quantitative estimate of drug-likeness (QED) is 0.815. The monoisotopic (exact) mass is 229 g/mol. The van der Waals surface area contributed by atoms with E-state index >= 15 is 0 Å². The topological polar surface area (TPSA) is 82.0 Å². The maximum Gasteiger partial charge on any atom is 0.222 e. The molecule has 4 heteroatoms. The minimum atomic E-state index is -0.348. The van der Waals surface area contributed by atoms with Gasteiger partial charge in [-0.05, 0) is 30.2 Å². The molecule has 0 aliphatic rings. The zero-order valence-corrected chi connectivity index (χ0v) is 9.47. The maximum absolute atomic E-state index is 11.1. The lowest BCUT2D eigenvalue weighted by Crippen LogP contribution is -2.31. The summed E-state index contributed by atoms with van der Waals surface area (Å²) >= 11 is 0. The Morgan fingerprint density at radius 3 is 2.88 bits per heavy atom. The van der Waals surface area contributed by atoms with Crippen LogP contribution < -0.4 is 11.5 Å². The zero-order chi connectivity index (χ0) is 12.3. The van der Waals surface area contributed by atoms with E-state index in [1.54, 1.807) is 6.20 Å². The first-order valence-electron chi connectivity index (χ1n) is 5.53. The number of rotatable bonds is 4. The van der Waals surface area contributed by atoms with Gasteiger partial charge in [-0.15, -0.1) is 0 Å². The summed E-state index contributed by atoms with van der Waals surface area (Å²) < 4.78 is 0. The Morgan fingerprint density at radius 1 is 1.35 bits per heavy atom. The Hall–Kier alpha value is -1.94. The summed E-state index contributed by atoms with van der Waals surface area (Å²) in [5.74, 6) is -0.650. The lowest BCUT2D eigenvalue weighted by atomic mass is 9.98. The predicted molar refractivity (Wildman–Crippen MR) is 67.2 cm³/mol. The predicted octanol–water partition coefficient (Wildman–Crippen LogP) is 0.837. The van der Waals surface area contributed by atoms with Gasteiger partial charge in [-0.2, -0.15) is 0 Å². The van der Waals surface area contributed by atoms with Crippen LogP contribution in [0.25, 0.3) is 10.9 Å². The molecule has 0 fully saturated rings. The van der Waals surface area contributed by atoms with Gasteiger partial charge < -0.3 is 11.5 Å². The van der Waals surface area contributed by atoms with Gasteiger partial charge >= 0.3 is 0 Å². The van der Waals surface area contributed by atoms with Gasteiger partial charge in [0.25, 0.3) is 0 Å². The molecule has 1 atom stereocenters. The van der Waals surface area contributed by atoms with Gasteiger partial charge in [0.15, 0.2) is 0 Å². The summed E-state index contributed by atoms with van der Waals surface area (Å²) in [6.07, 6.45) is 2.34. The molecule has 17 heavy (non-hydrogen) atoms. The standard InChI is InChI=1S/C13H15N3O/c14-8-11(13(15)17)7-9-3-4-12-10(6-9)2-1-5-16-12/h1-6,11H,7-8,14H2,(H2,15,17). The minimum absolute atomic E-state index is 0.278. The van der Waals surface area contributed by atoms with Crippen molar-refractivity contribution in [1.82, 2.24) is 4.98 Å². The Labute approximate surface area is 99.6 Å². The molecular formula is C13H15N3O. The van der Waals surface area contributed by atoms with Gasteiger partial charge in [0.05, 0.1) is 11.4 Å². The second-order valence-corrected chi connectivity index (χ2v) is 4.07. The lowest BCUT2D eigenvalue weighted by molar-refractivity contribution is -0.121. The van der Waals surface area contributed by atoms with E-state index in [9.17, 15) is 4.79 Å². The van der Waals surface area contributed by atoms with Crippen molar-refractivity contribution in [2.75, 3.05) is 6.54 Å². The number of nitrogens with zero attached hydrogens (tertiary/aromatic N) is 1. The van der Waals surface area contributed by atoms with E-state index in [2.05, 4.69) is 4.98 Å². The molecule has 1 aromatic carbocycles. The number of pyridine rings is 1. The number of benzene rings is 1. The number of aromatic nitrogens is 1. The van der Waals surface area contributed by atoms with Gasteiger partial charge in [-0.25, -0.2) is 0 Å². The van der Waals surface area contributed by atoms with Crippen LogP contribution in [0, 0.1) is 5.92 Å². The maximum atomic E-state index is 11.1. The molecule has 0 spiro atoms. The second kappa shape index (κ2) is 4.93. The van der Waals surface area contributed by atoms with Crippen LogP contribution in [0.15, 0.2) is 36.5 Å².